The van der Waals surface area contributed by atoms with Crippen molar-refractivity contribution < 1.29 is 48.0 Å². The maximum absolute atomic E-state index is 10.4. The van der Waals surface area contributed by atoms with Crippen molar-refractivity contribution in [3.8, 4) is 17.8 Å². The first-order valence-corrected chi connectivity index (χ1v) is 19.5. The summed E-state index contributed by atoms with van der Waals surface area (Å²) >= 11 is 17.7. The van der Waals surface area contributed by atoms with Gasteiger partial charge in [0.25, 0.3) is 0 Å². The second-order valence-corrected chi connectivity index (χ2v) is 16.5. The summed E-state index contributed by atoms with van der Waals surface area (Å²) in [5.41, 5.74) is 10.7. The fraction of sp³-hybridized carbons (Fsp3) is 0.500. The molecule has 3 aromatic carbocycles. The second-order valence-electron chi connectivity index (χ2n) is 15.2. The third-order valence-corrected chi connectivity index (χ3v) is 11.6. The summed E-state index contributed by atoms with van der Waals surface area (Å²) in [5, 5.41) is 21.8. The van der Waals surface area contributed by atoms with Gasteiger partial charge in [0, 0.05) is 34.9 Å². The van der Waals surface area contributed by atoms with Crippen molar-refractivity contribution in [2.45, 2.75) is 128 Å². The Morgan fingerprint density at radius 3 is 1.42 bits per heavy atom. The van der Waals surface area contributed by atoms with Crippen LogP contribution in [0.25, 0.3) is 5.41 Å². The SMILES string of the molecule is CC(C)CC(=[N-])C1(c2ccc(Cl)cc2)CCC1.CC(C)CC(N)C1(c2ccc(Cl)cc2)CCC1.N#CC1(c2ccc(Cl)cc2)CCC1.[B].[B]C#CC.[Br-].[H-].[Mg+2].[Na+]. The van der Waals surface area contributed by atoms with E-state index < -0.39 is 0 Å². The molecule has 0 heterocycles. The maximum atomic E-state index is 10.4. The molecule has 3 nitrogen and oxygen atoms in total. The normalized spacial score (nSPS) is 16.4. The summed E-state index contributed by atoms with van der Waals surface area (Å²) in [7, 11) is 4.67. The molecule has 5 radical (unpaired) electrons. The molecule has 0 bridgehead atoms. The van der Waals surface area contributed by atoms with Gasteiger partial charge in [0.15, 0.2) is 7.85 Å². The van der Waals surface area contributed by atoms with Crippen molar-refractivity contribution in [2.75, 3.05) is 0 Å². The molecule has 0 spiro atoms. The number of halogens is 4. The molecule has 0 aliphatic heterocycles. The first-order valence-electron chi connectivity index (χ1n) is 18.4. The van der Waals surface area contributed by atoms with Gasteiger partial charge in [-0.25, -0.2) is 0 Å². The zero-order valence-corrected chi connectivity index (χ0v) is 41.1. The van der Waals surface area contributed by atoms with Crippen molar-refractivity contribution >= 4 is 79.8 Å². The second kappa shape index (κ2) is 27.4. The van der Waals surface area contributed by atoms with Gasteiger partial charge >= 0.3 is 52.6 Å². The predicted molar refractivity (Wildman–Crippen MR) is 234 cm³/mol. The molecule has 1 atom stereocenters. The molecule has 3 aromatic rings. The van der Waals surface area contributed by atoms with Gasteiger partial charge in [-0.15, -0.1) is 5.92 Å². The minimum atomic E-state index is -0.204. The van der Waals surface area contributed by atoms with E-state index >= 15 is 0 Å². The fourth-order valence-electron chi connectivity index (χ4n) is 7.34. The Hall–Kier alpha value is -0.414. The largest absolute Gasteiger partial charge is 2.00 e. The Bertz CT molecular complexity index is 1650. The smallest absolute Gasteiger partial charge is 1.00 e. The topological polar surface area (TPSA) is 72.1 Å². The van der Waals surface area contributed by atoms with Gasteiger partial charge in [-0.05, 0) is 129 Å². The van der Waals surface area contributed by atoms with Crippen LogP contribution in [-0.4, -0.2) is 51.1 Å². The van der Waals surface area contributed by atoms with Crippen LogP contribution in [-0.2, 0) is 16.2 Å². The van der Waals surface area contributed by atoms with Crippen molar-refractivity contribution in [3.05, 3.63) is 110 Å². The minimum absolute atomic E-state index is 0. The summed E-state index contributed by atoms with van der Waals surface area (Å²) < 4.78 is 0. The van der Waals surface area contributed by atoms with Gasteiger partial charge < -0.3 is 29.6 Å². The summed E-state index contributed by atoms with van der Waals surface area (Å²) in [4.78, 5) is 0. The summed E-state index contributed by atoms with van der Waals surface area (Å²) in [6.45, 7) is 10.5. The molecule has 3 aliphatic carbocycles. The van der Waals surface area contributed by atoms with Crippen LogP contribution in [0.5, 0.6) is 0 Å². The van der Waals surface area contributed by atoms with E-state index in [0.717, 1.165) is 65.6 Å². The fourth-order valence-corrected chi connectivity index (χ4v) is 7.71. The number of nitriles is 1. The monoisotopic (exact) mass is 878 g/mol. The first-order chi connectivity index (χ1) is 24.3. The minimum Gasteiger partial charge on any atom is -1.00 e. The van der Waals surface area contributed by atoms with E-state index in [2.05, 4.69) is 77.6 Å². The predicted octanol–water partition coefficient (Wildman–Crippen LogP) is 5.73. The van der Waals surface area contributed by atoms with Gasteiger partial charge in [0.1, 0.15) is 0 Å². The third-order valence-electron chi connectivity index (χ3n) is 10.8. The molecule has 2 N–H and O–H groups in total. The van der Waals surface area contributed by atoms with E-state index in [0.29, 0.717) is 17.5 Å². The molecule has 6 rings (SSSR count). The van der Waals surface area contributed by atoms with Crippen LogP contribution in [0.15, 0.2) is 72.8 Å². The average Bonchev–Trinajstić information content (AvgIpc) is 3.02. The van der Waals surface area contributed by atoms with Crippen LogP contribution in [0.3, 0.4) is 0 Å². The zero-order chi connectivity index (χ0) is 37.7. The van der Waals surface area contributed by atoms with Gasteiger partial charge in [-0.2, -0.15) is 16.8 Å². The van der Waals surface area contributed by atoms with Gasteiger partial charge in [-0.3, -0.25) is 0 Å². The summed E-state index contributed by atoms with van der Waals surface area (Å²) in [6, 6.07) is 26.5. The van der Waals surface area contributed by atoms with E-state index in [9.17, 15) is 5.41 Å². The number of nitrogens with zero attached hydrogens (tertiary/aromatic N) is 2. The number of nitrogens with two attached hydrogens (primary N) is 1. The molecule has 0 saturated heterocycles. The van der Waals surface area contributed by atoms with Gasteiger partial charge in [0.05, 0.1) is 11.5 Å². The van der Waals surface area contributed by atoms with Crippen molar-refractivity contribution in [1.29, 1.82) is 5.26 Å². The number of benzene rings is 3. The molecule has 283 valence electrons. The molecule has 11 heteroatoms. The van der Waals surface area contributed by atoms with Crippen LogP contribution in [0.2, 0.25) is 15.1 Å². The molecule has 3 fully saturated rings. The number of hydrogen-bond donors (Lipinski definition) is 1. The quantitative estimate of drug-likeness (QED) is 0.170. The number of rotatable bonds is 9. The molecule has 55 heavy (non-hydrogen) atoms. The van der Waals surface area contributed by atoms with Crippen LogP contribution in [0.1, 0.15) is 123 Å². The summed E-state index contributed by atoms with van der Waals surface area (Å²) in [5.74, 6) is 5.80. The van der Waals surface area contributed by atoms with Gasteiger partial charge in [-0.1, -0.05) is 118 Å². The first kappa shape index (κ1) is 56.7. The van der Waals surface area contributed by atoms with Crippen LogP contribution < -0.4 is 52.3 Å². The molecule has 1 unspecified atom stereocenters. The molecular weight excluding hydrogens is 826 g/mol. The maximum Gasteiger partial charge on any atom is 2.00 e. The van der Waals surface area contributed by atoms with Crippen LogP contribution in [0.4, 0.5) is 0 Å². The van der Waals surface area contributed by atoms with Crippen LogP contribution >= 0.6 is 34.8 Å². The van der Waals surface area contributed by atoms with Crippen molar-refractivity contribution in [1.82, 2.24) is 0 Å². The van der Waals surface area contributed by atoms with E-state index in [1.54, 1.807) is 6.92 Å². The Balaban J connectivity index is -0.000000692. The van der Waals surface area contributed by atoms with Crippen molar-refractivity contribution in [2.24, 2.45) is 17.6 Å². The Morgan fingerprint density at radius 1 is 0.764 bits per heavy atom. The number of hydrogen-bond acceptors (Lipinski definition) is 2. The average molecular weight is 881 g/mol. The Labute approximate surface area is 402 Å². The third kappa shape index (κ3) is 15.6. The van der Waals surface area contributed by atoms with Crippen LogP contribution in [0, 0.1) is 34.9 Å². The summed E-state index contributed by atoms with van der Waals surface area (Å²) in [6.07, 6.45) is 12.1. The van der Waals surface area contributed by atoms with E-state index in [1.165, 1.54) is 36.8 Å². The van der Waals surface area contributed by atoms with E-state index in [-0.39, 0.29) is 102 Å². The van der Waals surface area contributed by atoms with E-state index in [1.807, 2.05) is 48.5 Å². The zero-order valence-electron chi connectivity index (χ0n) is 34.8. The molecule has 0 aromatic heterocycles. The van der Waals surface area contributed by atoms with Crippen molar-refractivity contribution in [3.63, 3.8) is 0 Å². The molecule has 3 aliphatic rings. The molecule has 0 amide bonds. The standard InChI is InChI=1S/C15H22ClN.C15H19ClN.C11H10ClN.C3H3B.B.BrH.Mg.Na.H/c2*1-11(2)10-14(17)15(8-3-9-15)12-4-6-13(16)7-5-12;12-10-4-2-9(3-5-10)11(8-13)6-1-7-11;1-2-3-4;;;;;/h4-7,11,14H,3,8-10,17H2,1-2H3;4-7,11H,3,8-10H2,1-2H3;2-5H,1,6-7H2;1H3;;1H;;;/q;-1;;;;;+2;+1;-1/p-1. The van der Waals surface area contributed by atoms with Gasteiger partial charge in [0.2, 0.25) is 0 Å². The molecular formula is C44H55B2BrCl3MgN3Na. The molecule has 3 saturated carbocycles. The Kier molecular flexibility index (Phi) is 28.2. The van der Waals surface area contributed by atoms with E-state index in [4.69, 9.17) is 45.8 Å². The Morgan fingerprint density at radius 2 is 1.15 bits per heavy atom.